The Morgan fingerprint density at radius 2 is 1.96 bits per heavy atom. The summed E-state index contributed by atoms with van der Waals surface area (Å²) in [6.07, 6.45) is -0.0267. The number of aryl methyl sites for hydroxylation is 1. The molecule has 1 aliphatic heterocycles. The van der Waals surface area contributed by atoms with Crippen molar-refractivity contribution in [2.75, 3.05) is 26.3 Å². The number of rotatable bonds is 4. The van der Waals surface area contributed by atoms with Crippen LogP contribution >= 0.6 is 11.6 Å². The highest BCUT2D eigenvalue weighted by Crippen LogP contribution is 2.36. The van der Waals surface area contributed by atoms with Gasteiger partial charge in [-0.1, -0.05) is 17.7 Å². The summed E-state index contributed by atoms with van der Waals surface area (Å²) in [6.45, 7) is 3.48. The van der Waals surface area contributed by atoms with E-state index in [9.17, 15) is 19.8 Å². The highest BCUT2D eigenvalue weighted by Gasteiger charge is 2.29. The Kier molecular flexibility index (Phi) is 5.72. The van der Waals surface area contributed by atoms with Crippen molar-refractivity contribution < 1.29 is 24.2 Å². The number of morpholine rings is 1. The maximum absolute atomic E-state index is 12.8. The number of halogens is 1. The standard InChI is InChI=1S/C19H20ClNO6/c1-11-8-16(23)18(25)19(27-11)13(12-2-3-15(22)14(20)9-12)10-17(24)21-4-6-26-7-5-21/h2-3,8-9,13,22,25H,4-7,10H2,1H3/t13-/m1/s1. The summed E-state index contributed by atoms with van der Waals surface area (Å²) < 4.78 is 10.9. The van der Waals surface area contributed by atoms with Gasteiger partial charge in [-0.25, -0.2) is 0 Å². The summed E-state index contributed by atoms with van der Waals surface area (Å²) in [5, 5.41) is 20.1. The van der Waals surface area contributed by atoms with Crippen LogP contribution in [0.3, 0.4) is 0 Å². The molecule has 2 aromatic rings. The second-order valence-electron chi connectivity index (χ2n) is 6.39. The first-order valence-corrected chi connectivity index (χ1v) is 8.92. The average Bonchev–Trinajstić information content (AvgIpc) is 2.66. The van der Waals surface area contributed by atoms with E-state index in [0.29, 0.717) is 37.6 Å². The van der Waals surface area contributed by atoms with Gasteiger partial charge in [0.2, 0.25) is 17.1 Å². The summed E-state index contributed by atoms with van der Waals surface area (Å²) in [5.41, 5.74) is -0.0362. The van der Waals surface area contributed by atoms with Crippen molar-refractivity contribution in [3.8, 4) is 11.5 Å². The second-order valence-corrected chi connectivity index (χ2v) is 6.80. The van der Waals surface area contributed by atoms with Gasteiger partial charge in [0.05, 0.1) is 24.2 Å². The van der Waals surface area contributed by atoms with Gasteiger partial charge >= 0.3 is 0 Å². The van der Waals surface area contributed by atoms with Crippen molar-refractivity contribution in [1.29, 1.82) is 0 Å². The molecule has 2 heterocycles. The lowest BCUT2D eigenvalue weighted by atomic mass is 9.91. The number of carbonyl (C=O) groups excluding carboxylic acids is 1. The topological polar surface area (TPSA) is 100 Å². The van der Waals surface area contributed by atoms with Gasteiger partial charge in [0.25, 0.3) is 0 Å². The van der Waals surface area contributed by atoms with Crippen LogP contribution in [-0.2, 0) is 9.53 Å². The van der Waals surface area contributed by atoms with Crippen LogP contribution in [0.25, 0.3) is 0 Å². The number of nitrogens with zero attached hydrogens (tertiary/aromatic N) is 1. The van der Waals surface area contributed by atoms with Crippen LogP contribution in [-0.4, -0.2) is 47.3 Å². The molecule has 144 valence electrons. The third-order valence-corrected chi connectivity index (χ3v) is 4.81. The van der Waals surface area contributed by atoms with Gasteiger partial charge in [-0.2, -0.15) is 0 Å². The Morgan fingerprint density at radius 1 is 1.26 bits per heavy atom. The second kappa shape index (κ2) is 8.02. The van der Waals surface area contributed by atoms with Gasteiger partial charge in [-0.15, -0.1) is 0 Å². The molecule has 1 aromatic heterocycles. The monoisotopic (exact) mass is 393 g/mol. The highest BCUT2D eigenvalue weighted by molar-refractivity contribution is 6.32. The Labute approximate surface area is 160 Å². The number of phenols is 1. The van der Waals surface area contributed by atoms with E-state index in [1.54, 1.807) is 17.9 Å². The normalized spacial score (nSPS) is 15.6. The number of hydrogen-bond donors (Lipinski definition) is 2. The van der Waals surface area contributed by atoms with Gasteiger partial charge in [0.1, 0.15) is 11.5 Å². The van der Waals surface area contributed by atoms with E-state index in [-0.39, 0.29) is 28.9 Å². The minimum absolute atomic E-state index is 0.00312. The van der Waals surface area contributed by atoms with E-state index < -0.39 is 17.1 Å². The number of benzene rings is 1. The van der Waals surface area contributed by atoms with E-state index in [1.807, 2.05) is 0 Å². The summed E-state index contributed by atoms with van der Waals surface area (Å²) in [5.74, 6) is -1.20. The molecule has 7 nitrogen and oxygen atoms in total. The predicted molar refractivity (Wildman–Crippen MR) is 98.4 cm³/mol. The van der Waals surface area contributed by atoms with E-state index in [4.69, 9.17) is 20.8 Å². The molecule has 0 aliphatic carbocycles. The largest absolute Gasteiger partial charge is 0.506 e. The van der Waals surface area contributed by atoms with Crippen LogP contribution in [0.2, 0.25) is 5.02 Å². The van der Waals surface area contributed by atoms with Gasteiger partial charge in [-0.3, -0.25) is 9.59 Å². The molecular formula is C19H20ClNO6. The number of aromatic hydroxyl groups is 2. The van der Waals surface area contributed by atoms with Gasteiger partial charge in [0.15, 0.2) is 5.76 Å². The van der Waals surface area contributed by atoms with Gasteiger partial charge < -0.3 is 24.3 Å². The Hall–Kier alpha value is -2.51. The molecule has 1 amide bonds. The average molecular weight is 394 g/mol. The molecule has 2 N–H and O–H groups in total. The molecule has 1 aromatic carbocycles. The van der Waals surface area contributed by atoms with Crippen molar-refractivity contribution in [1.82, 2.24) is 4.90 Å². The third-order valence-electron chi connectivity index (χ3n) is 4.51. The lowest BCUT2D eigenvalue weighted by molar-refractivity contribution is -0.135. The summed E-state index contributed by atoms with van der Waals surface area (Å²) in [7, 11) is 0. The fraction of sp³-hybridized carbons (Fsp3) is 0.368. The molecule has 8 heteroatoms. The zero-order chi connectivity index (χ0) is 19.6. The van der Waals surface area contributed by atoms with Crippen LogP contribution < -0.4 is 5.43 Å². The maximum atomic E-state index is 12.8. The molecule has 1 aliphatic rings. The maximum Gasteiger partial charge on any atom is 0.227 e. The van der Waals surface area contributed by atoms with Crippen molar-refractivity contribution in [2.24, 2.45) is 0 Å². The van der Waals surface area contributed by atoms with Crippen LogP contribution in [0.15, 0.2) is 33.5 Å². The zero-order valence-electron chi connectivity index (χ0n) is 14.8. The number of carbonyl (C=O) groups is 1. The zero-order valence-corrected chi connectivity index (χ0v) is 15.5. The summed E-state index contributed by atoms with van der Waals surface area (Å²) >= 11 is 6.02. The first-order chi connectivity index (χ1) is 12.9. The highest BCUT2D eigenvalue weighted by atomic mass is 35.5. The number of hydrogen-bond acceptors (Lipinski definition) is 6. The number of amides is 1. The van der Waals surface area contributed by atoms with Crippen LogP contribution in [0.4, 0.5) is 0 Å². The lowest BCUT2D eigenvalue weighted by Gasteiger charge is -2.28. The third kappa shape index (κ3) is 4.26. The van der Waals surface area contributed by atoms with E-state index in [2.05, 4.69) is 0 Å². The fourth-order valence-corrected chi connectivity index (χ4v) is 3.27. The van der Waals surface area contributed by atoms with E-state index >= 15 is 0 Å². The van der Waals surface area contributed by atoms with E-state index in [0.717, 1.165) is 0 Å². The molecule has 1 atom stereocenters. The van der Waals surface area contributed by atoms with E-state index in [1.165, 1.54) is 18.2 Å². The Morgan fingerprint density at radius 3 is 2.63 bits per heavy atom. The SMILES string of the molecule is Cc1cc(=O)c(O)c([C@H](CC(=O)N2CCOCC2)c2ccc(O)c(Cl)c2)o1. The molecule has 0 bridgehead atoms. The van der Waals surface area contributed by atoms with Gasteiger partial charge in [-0.05, 0) is 24.6 Å². The van der Waals surface area contributed by atoms with Crippen molar-refractivity contribution in [2.45, 2.75) is 19.3 Å². The molecule has 0 radical (unpaired) electrons. The molecule has 3 rings (SSSR count). The minimum Gasteiger partial charge on any atom is -0.506 e. The predicted octanol–water partition coefficient (Wildman–Crippen LogP) is 2.39. The smallest absolute Gasteiger partial charge is 0.227 e. The summed E-state index contributed by atoms with van der Waals surface area (Å²) in [6, 6.07) is 5.66. The first-order valence-electron chi connectivity index (χ1n) is 8.54. The van der Waals surface area contributed by atoms with Crippen LogP contribution in [0.1, 0.15) is 29.4 Å². The van der Waals surface area contributed by atoms with Crippen LogP contribution in [0, 0.1) is 6.92 Å². The van der Waals surface area contributed by atoms with Crippen molar-refractivity contribution in [3.63, 3.8) is 0 Å². The van der Waals surface area contributed by atoms with Gasteiger partial charge in [0, 0.05) is 25.6 Å². The molecule has 1 fully saturated rings. The lowest BCUT2D eigenvalue weighted by Crippen LogP contribution is -2.41. The van der Waals surface area contributed by atoms with Crippen molar-refractivity contribution >= 4 is 17.5 Å². The molecule has 1 saturated heterocycles. The Balaban J connectivity index is 2.02. The fourth-order valence-electron chi connectivity index (χ4n) is 3.08. The minimum atomic E-state index is -0.731. The van der Waals surface area contributed by atoms with Crippen LogP contribution in [0.5, 0.6) is 11.5 Å². The summed E-state index contributed by atoms with van der Waals surface area (Å²) in [4.78, 5) is 26.5. The molecular weight excluding hydrogens is 374 g/mol. The first kappa shape index (κ1) is 19.3. The molecule has 0 saturated carbocycles. The number of ether oxygens (including phenoxy) is 1. The number of phenolic OH excluding ortho intramolecular Hbond substituents is 1. The molecule has 27 heavy (non-hydrogen) atoms. The molecule has 0 unspecified atom stereocenters. The Bertz CT molecular complexity index is 904. The quantitative estimate of drug-likeness (QED) is 0.827. The van der Waals surface area contributed by atoms with Crippen molar-refractivity contribution in [3.05, 3.63) is 56.6 Å². The molecule has 0 spiro atoms.